The van der Waals surface area contributed by atoms with E-state index in [1.54, 1.807) is 7.11 Å². The molecule has 1 N–H and O–H groups in total. The summed E-state index contributed by atoms with van der Waals surface area (Å²) in [5.74, 6) is 2.14. The third-order valence-corrected chi connectivity index (χ3v) is 5.94. The van der Waals surface area contributed by atoms with Crippen LogP contribution in [0.2, 0.25) is 0 Å². The predicted molar refractivity (Wildman–Crippen MR) is 108 cm³/mol. The van der Waals surface area contributed by atoms with Gasteiger partial charge in [-0.3, -0.25) is 0 Å². The van der Waals surface area contributed by atoms with Crippen LogP contribution in [0.1, 0.15) is 47.8 Å². The van der Waals surface area contributed by atoms with Crippen molar-refractivity contribution in [1.82, 2.24) is 4.90 Å². The van der Waals surface area contributed by atoms with Gasteiger partial charge in [0.25, 0.3) is 0 Å². The lowest BCUT2D eigenvalue weighted by Crippen LogP contribution is -2.28. The van der Waals surface area contributed by atoms with Crippen molar-refractivity contribution in [2.45, 2.75) is 37.5 Å². The molecular weight excluding hydrogens is 346 g/mol. The summed E-state index contributed by atoms with van der Waals surface area (Å²) in [6.45, 7) is 3.42. The minimum Gasteiger partial charge on any atom is -0.504 e. The number of methoxy groups -OCH3 is 1. The smallest absolute Gasteiger partial charge is 0.161 e. The van der Waals surface area contributed by atoms with Crippen LogP contribution >= 0.6 is 12.4 Å². The molecule has 1 saturated heterocycles. The van der Waals surface area contributed by atoms with Gasteiger partial charge >= 0.3 is 0 Å². The third kappa shape index (κ3) is 3.70. The molecule has 1 aliphatic carbocycles. The fourth-order valence-electron chi connectivity index (χ4n) is 4.62. The summed E-state index contributed by atoms with van der Waals surface area (Å²) in [5, 5.41) is 10.5. The van der Waals surface area contributed by atoms with Crippen molar-refractivity contribution in [3.05, 3.63) is 59.2 Å². The minimum atomic E-state index is 0. The van der Waals surface area contributed by atoms with E-state index in [0.29, 0.717) is 23.3 Å². The Kier molecular flexibility index (Phi) is 6.10. The maximum Gasteiger partial charge on any atom is 0.161 e. The molecule has 0 bridgehead atoms. The Labute approximate surface area is 162 Å². The average molecular weight is 374 g/mol. The summed E-state index contributed by atoms with van der Waals surface area (Å²) in [4.78, 5) is 2.61. The Morgan fingerprint density at radius 3 is 2.69 bits per heavy atom. The molecule has 0 saturated carbocycles. The van der Waals surface area contributed by atoms with Crippen molar-refractivity contribution in [2.75, 3.05) is 26.7 Å². The second-order valence-electron chi connectivity index (χ2n) is 7.43. The van der Waals surface area contributed by atoms with E-state index in [2.05, 4.69) is 41.3 Å². The molecule has 26 heavy (non-hydrogen) atoms. The highest BCUT2D eigenvalue weighted by atomic mass is 35.5. The topological polar surface area (TPSA) is 32.7 Å². The van der Waals surface area contributed by atoms with E-state index in [4.69, 9.17) is 4.74 Å². The monoisotopic (exact) mass is 373 g/mol. The lowest BCUT2D eigenvalue weighted by molar-refractivity contribution is 0.294. The SMILES string of the molecule is COc1ccc2c(c1O)CCCC2CN1CCC(c2ccccc2)C1.Cl. The van der Waals surface area contributed by atoms with Crippen molar-refractivity contribution in [2.24, 2.45) is 0 Å². The molecule has 1 heterocycles. The highest BCUT2D eigenvalue weighted by Crippen LogP contribution is 2.42. The van der Waals surface area contributed by atoms with E-state index in [0.717, 1.165) is 31.5 Å². The zero-order valence-corrected chi connectivity index (χ0v) is 16.2. The normalized spacial score (nSPS) is 22.5. The second-order valence-corrected chi connectivity index (χ2v) is 7.43. The van der Waals surface area contributed by atoms with Gasteiger partial charge in [0.2, 0.25) is 0 Å². The van der Waals surface area contributed by atoms with Gasteiger partial charge in [-0.25, -0.2) is 0 Å². The van der Waals surface area contributed by atoms with E-state index >= 15 is 0 Å². The van der Waals surface area contributed by atoms with Gasteiger partial charge in [0, 0.05) is 18.7 Å². The number of rotatable bonds is 4. The Morgan fingerprint density at radius 1 is 1.12 bits per heavy atom. The van der Waals surface area contributed by atoms with Gasteiger partial charge in [-0.1, -0.05) is 36.4 Å². The van der Waals surface area contributed by atoms with Crippen LogP contribution in [0, 0.1) is 0 Å². The standard InChI is InChI=1S/C22H27NO2.ClH/c1-25-21-11-10-19-18(8-5-9-20(19)22(21)24)15-23-13-12-17(14-23)16-6-3-2-4-7-16;/h2-4,6-7,10-11,17-18,24H,5,8-9,12-15H2,1H3;1H. The molecule has 2 aromatic carbocycles. The number of fused-ring (bicyclic) bond motifs is 1. The summed E-state index contributed by atoms with van der Waals surface area (Å²) in [6, 6.07) is 15.0. The molecule has 4 rings (SSSR count). The van der Waals surface area contributed by atoms with Crippen molar-refractivity contribution in [3.63, 3.8) is 0 Å². The molecule has 2 unspecified atom stereocenters. The second kappa shape index (κ2) is 8.32. The largest absolute Gasteiger partial charge is 0.504 e. The van der Waals surface area contributed by atoms with Gasteiger partial charge in [-0.05, 0) is 61.3 Å². The molecule has 1 fully saturated rings. The number of phenolic OH excluding ortho intramolecular Hbond substituents is 1. The third-order valence-electron chi connectivity index (χ3n) is 5.94. The number of ether oxygens (including phenoxy) is 1. The number of hydrogen-bond acceptors (Lipinski definition) is 3. The minimum absolute atomic E-state index is 0. The molecule has 0 spiro atoms. The summed E-state index contributed by atoms with van der Waals surface area (Å²) in [5.41, 5.74) is 3.90. The van der Waals surface area contributed by atoms with Crippen molar-refractivity contribution < 1.29 is 9.84 Å². The van der Waals surface area contributed by atoms with E-state index in [9.17, 15) is 5.11 Å². The summed E-state index contributed by atoms with van der Waals surface area (Å²) in [7, 11) is 1.62. The quantitative estimate of drug-likeness (QED) is 0.840. The number of aromatic hydroxyl groups is 1. The Morgan fingerprint density at radius 2 is 1.92 bits per heavy atom. The molecule has 2 aromatic rings. The lowest BCUT2D eigenvalue weighted by atomic mass is 9.82. The molecule has 2 aliphatic rings. The van der Waals surface area contributed by atoms with Crippen LogP contribution in [0.25, 0.3) is 0 Å². The number of benzene rings is 2. The maximum atomic E-state index is 10.5. The molecule has 0 aromatic heterocycles. The lowest BCUT2D eigenvalue weighted by Gasteiger charge is -2.30. The summed E-state index contributed by atoms with van der Waals surface area (Å²) < 4.78 is 5.28. The highest BCUT2D eigenvalue weighted by Gasteiger charge is 2.29. The predicted octanol–water partition coefficient (Wildman–Crippen LogP) is 4.73. The zero-order valence-electron chi connectivity index (χ0n) is 15.4. The van der Waals surface area contributed by atoms with Gasteiger partial charge in [0.1, 0.15) is 0 Å². The molecule has 4 heteroatoms. The maximum absolute atomic E-state index is 10.5. The Hall–Kier alpha value is -1.71. The number of hydrogen-bond donors (Lipinski definition) is 1. The molecule has 140 valence electrons. The van der Waals surface area contributed by atoms with E-state index in [1.165, 1.54) is 30.5 Å². The van der Waals surface area contributed by atoms with E-state index in [-0.39, 0.29) is 12.4 Å². The van der Waals surface area contributed by atoms with Crippen molar-refractivity contribution >= 4 is 12.4 Å². The van der Waals surface area contributed by atoms with Gasteiger partial charge in [0.15, 0.2) is 11.5 Å². The number of phenols is 1. The number of likely N-dealkylation sites (tertiary alicyclic amines) is 1. The first-order chi connectivity index (χ1) is 12.3. The first-order valence-corrected chi connectivity index (χ1v) is 9.42. The van der Waals surface area contributed by atoms with E-state index < -0.39 is 0 Å². The van der Waals surface area contributed by atoms with Crippen LogP contribution in [0.4, 0.5) is 0 Å². The summed E-state index contributed by atoms with van der Waals surface area (Å²) >= 11 is 0. The van der Waals surface area contributed by atoms with Crippen LogP contribution in [-0.2, 0) is 6.42 Å². The van der Waals surface area contributed by atoms with Crippen LogP contribution < -0.4 is 4.74 Å². The first-order valence-electron chi connectivity index (χ1n) is 9.42. The molecular formula is C22H28ClNO2. The van der Waals surface area contributed by atoms with Gasteiger partial charge in [-0.15, -0.1) is 12.4 Å². The first kappa shape index (κ1) is 19.1. The van der Waals surface area contributed by atoms with Crippen LogP contribution in [0.15, 0.2) is 42.5 Å². The van der Waals surface area contributed by atoms with Crippen LogP contribution in [0.5, 0.6) is 11.5 Å². The zero-order chi connectivity index (χ0) is 17.2. The summed E-state index contributed by atoms with van der Waals surface area (Å²) in [6.07, 6.45) is 4.57. The van der Waals surface area contributed by atoms with Gasteiger partial charge in [0.05, 0.1) is 7.11 Å². The highest BCUT2D eigenvalue weighted by molar-refractivity contribution is 5.85. The van der Waals surface area contributed by atoms with Crippen LogP contribution in [0.3, 0.4) is 0 Å². The Bertz CT molecular complexity index is 734. The van der Waals surface area contributed by atoms with E-state index in [1.807, 2.05) is 6.07 Å². The van der Waals surface area contributed by atoms with Crippen molar-refractivity contribution in [1.29, 1.82) is 0 Å². The van der Waals surface area contributed by atoms with Gasteiger partial charge in [-0.2, -0.15) is 0 Å². The van der Waals surface area contributed by atoms with Crippen LogP contribution in [-0.4, -0.2) is 36.8 Å². The molecule has 3 nitrogen and oxygen atoms in total. The molecule has 2 atom stereocenters. The van der Waals surface area contributed by atoms with Gasteiger partial charge < -0.3 is 14.7 Å². The fraction of sp³-hybridized carbons (Fsp3) is 0.455. The average Bonchev–Trinajstić information content (AvgIpc) is 3.12. The molecule has 1 aliphatic heterocycles. The fourth-order valence-corrected chi connectivity index (χ4v) is 4.62. The number of nitrogens with zero attached hydrogens (tertiary/aromatic N) is 1. The Balaban J connectivity index is 0.00000196. The molecule has 0 radical (unpaired) electrons. The number of halogens is 1. The molecule has 0 amide bonds. The van der Waals surface area contributed by atoms with Crippen molar-refractivity contribution in [3.8, 4) is 11.5 Å².